The third-order valence-corrected chi connectivity index (χ3v) is 2.13. The summed E-state index contributed by atoms with van der Waals surface area (Å²) in [7, 11) is -3.59. The molecule has 0 bridgehead atoms. The highest BCUT2D eigenvalue weighted by Gasteiger charge is 2.10. The molecule has 0 aromatic heterocycles. The summed E-state index contributed by atoms with van der Waals surface area (Å²) in [4.78, 5) is 0. The van der Waals surface area contributed by atoms with Crippen molar-refractivity contribution in [1.82, 2.24) is 0 Å². The average Bonchev–Trinajstić information content (AvgIpc) is 1.97. The number of rotatable bonds is 2. The van der Waals surface area contributed by atoms with Crippen LogP contribution in [-0.4, -0.2) is 14.7 Å². The molecule has 0 amide bonds. The molecule has 0 unspecified atom stereocenters. The molecular formula is C8H10ClF2NO2S. The Kier molecular flexibility index (Phi) is 4.48. The van der Waals surface area contributed by atoms with Crippen LogP contribution >= 0.6 is 12.4 Å². The minimum atomic E-state index is -3.59. The summed E-state index contributed by atoms with van der Waals surface area (Å²) in [6.45, 7) is 1.39. The highest BCUT2D eigenvalue weighted by Crippen LogP contribution is 2.19. The first kappa shape index (κ1) is 14.1. The summed E-state index contributed by atoms with van der Waals surface area (Å²) in [6, 6.07) is 1.74. The molecule has 0 aliphatic carbocycles. The van der Waals surface area contributed by atoms with Crippen LogP contribution in [0.25, 0.3) is 0 Å². The van der Waals surface area contributed by atoms with E-state index in [4.69, 9.17) is 0 Å². The van der Waals surface area contributed by atoms with Gasteiger partial charge in [-0.1, -0.05) is 0 Å². The number of hydrogen-bond donors (Lipinski definition) is 1. The number of anilines is 1. The van der Waals surface area contributed by atoms with Gasteiger partial charge in [0.05, 0.1) is 11.9 Å². The maximum absolute atomic E-state index is 13.1. The van der Waals surface area contributed by atoms with Gasteiger partial charge in [0.2, 0.25) is 10.0 Å². The zero-order valence-electron chi connectivity index (χ0n) is 8.04. The van der Waals surface area contributed by atoms with E-state index in [1.807, 2.05) is 4.72 Å². The van der Waals surface area contributed by atoms with Crippen molar-refractivity contribution in [2.45, 2.75) is 6.92 Å². The lowest BCUT2D eigenvalue weighted by atomic mass is 10.2. The predicted molar refractivity (Wildman–Crippen MR) is 56.8 cm³/mol. The van der Waals surface area contributed by atoms with Gasteiger partial charge in [0.15, 0.2) is 0 Å². The van der Waals surface area contributed by atoms with Crippen molar-refractivity contribution >= 4 is 28.1 Å². The van der Waals surface area contributed by atoms with Gasteiger partial charge >= 0.3 is 0 Å². The van der Waals surface area contributed by atoms with Gasteiger partial charge < -0.3 is 0 Å². The summed E-state index contributed by atoms with van der Waals surface area (Å²) in [5, 5.41) is 0. The first-order chi connectivity index (χ1) is 6.29. The lowest BCUT2D eigenvalue weighted by molar-refractivity contribution is 0.592. The van der Waals surface area contributed by atoms with Crippen LogP contribution in [0.15, 0.2) is 12.1 Å². The van der Waals surface area contributed by atoms with Crippen LogP contribution in [0.1, 0.15) is 5.56 Å². The molecule has 0 aliphatic heterocycles. The van der Waals surface area contributed by atoms with Crippen LogP contribution in [-0.2, 0) is 10.0 Å². The normalized spacial score (nSPS) is 10.7. The third kappa shape index (κ3) is 4.01. The standard InChI is InChI=1S/C8H9F2NO2S.ClH/c1-5-3-7(10)8(4-6(5)9)11-14(2,12)13;/h3-4,11H,1-2H3;1H. The van der Waals surface area contributed by atoms with Crippen molar-refractivity contribution in [3.63, 3.8) is 0 Å². The molecule has 0 aliphatic rings. The van der Waals surface area contributed by atoms with E-state index in [0.29, 0.717) is 0 Å². The first-order valence-corrected chi connectivity index (χ1v) is 5.62. The van der Waals surface area contributed by atoms with Gasteiger partial charge in [0.25, 0.3) is 0 Å². The monoisotopic (exact) mass is 257 g/mol. The molecule has 0 heterocycles. The Morgan fingerprint density at radius 1 is 1.20 bits per heavy atom. The zero-order chi connectivity index (χ0) is 10.9. The van der Waals surface area contributed by atoms with Crippen molar-refractivity contribution < 1.29 is 17.2 Å². The number of aryl methyl sites for hydroxylation is 1. The maximum atomic E-state index is 13.1. The fourth-order valence-electron chi connectivity index (χ4n) is 0.924. The van der Waals surface area contributed by atoms with E-state index in [-0.39, 0.29) is 23.7 Å². The molecule has 1 N–H and O–H groups in total. The predicted octanol–water partition coefficient (Wildman–Crippen LogP) is 2.07. The van der Waals surface area contributed by atoms with E-state index in [9.17, 15) is 17.2 Å². The molecule has 0 radical (unpaired) electrons. The molecule has 0 saturated carbocycles. The van der Waals surface area contributed by atoms with E-state index in [1.165, 1.54) is 6.92 Å². The summed E-state index contributed by atoms with van der Waals surface area (Å²) in [5.74, 6) is -1.45. The Balaban J connectivity index is 0.00000196. The van der Waals surface area contributed by atoms with Crippen LogP contribution < -0.4 is 4.72 Å². The Bertz CT molecular complexity index is 462. The third-order valence-electron chi connectivity index (χ3n) is 1.54. The Labute approximate surface area is 93.0 Å². The largest absolute Gasteiger partial charge is 0.281 e. The summed E-state index contributed by atoms with van der Waals surface area (Å²) in [6.07, 6.45) is 0.865. The van der Waals surface area contributed by atoms with Crippen LogP contribution in [0.2, 0.25) is 0 Å². The second-order valence-electron chi connectivity index (χ2n) is 2.96. The van der Waals surface area contributed by atoms with Crippen LogP contribution in [0.3, 0.4) is 0 Å². The van der Waals surface area contributed by atoms with E-state index in [1.54, 1.807) is 0 Å². The number of nitrogens with one attached hydrogen (secondary N) is 1. The fourth-order valence-corrected chi connectivity index (χ4v) is 1.48. The molecule has 1 aromatic carbocycles. The van der Waals surface area contributed by atoms with E-state index in [2.05, 4.69) is 0 Å². The van der Waals surface area contributed by atoms with E-state index in [0.717, 1.165) is 18.4 Å². The molecule has 1 aromatic rings. The number of sulfonamides is 1. The van der Waals surface area contributed by atoms with Crippen molar-refractivity contribution in [2.75, 3.05) is 11.0 Å². The second kappa shape index (κ2) is 4.76. The molecule has 3 nitrogen and oxygen atoms in total. The van der Waals surface area contributed by atoms with Gasteiger partial charge in [0.1, 0.15) is 11.6 Å². The molecule has 0 spiro atoms. The van der Waals surface area contributed by atoms with Crippen molar-refractivity contribution in [1.29, 1.82) is 0 Å². The lowest BCUT2D eigenvalue weighted by Gasteiger charge is -2.06. The smallest absolute Gasteiger partial charge is 0.229 e. The van der Waals surface area contributed by atoms with Gasteiger partial charge in [-0.25, -0.2) is 17.2 Å². The minimum absolute atomic E-state index is 0. The number of benzene rings is 1. The molecule has 0 atom stereocenters. The topological polar surface area (TPSA) is 46.2 Å². The van der Waals surface area contributed by atoms with Crippen molar-refractivity contribution in [3.05, 3.63) is 29.3 Å². The zero-order valence-corrected chi connectivity index (χ0v) is 9.68. The first-order valence-electron chi connectivity index (χ1n) is 3.73. The van der Waals surface area contributed by atoms with Crippen molar-refractivity contribution in [2.24, 2.45) is 0 Å². The van der Waals surface area contributed by atoms with Gasteiger partial charge in [-0.05, 0) is 18.6 Å². The number of hydrogen-bond acceptors (Lipinski definition) is 2. The molecule has 86 valence electrons. The van der Waals surface area contributed by atoms with Crippen LogP contribution in [0.4, 0.5) is 14.5 Å². The van der Waals surface area contributed by atoms with Gasteiger partial charge in [0, 0.05) is 6.07 Å². The molecule has 0 fully saturated rings. The van der Waals surface area contributed by atoms with Gasteiger partial charge in [-0.3, -0.25) is 4.72 Å². The Morgan fingerprint density at radius 2 is 1.73 bits per heavy atom. The summed E-state index contributed by atoms with van der Waals surface area (Å²) < 4.78 is 49.4. The second-order valence-corrected chi connectivity index (χ2v) is 4.70. The minimum Gasteiger partial charge on any atom is -0.281 e. The Morgan fingerprint density at radius 3 is 2.20 bits per heavy atom. The molecule has 0 saturated heterocycles. The summed E-state index contributed by atoms with van der Waals surface area (Å²) in [5.41, 5.74) is -0.253. The molecular weight excluding hydrogens is 248 g/mol. The van der Waals surface area contributed by atoms with Gasteiger partial charge in [-0.2, -0.15) is 0 Å². The van der Waals surface area contributed by atoms with E-state index >= 15 is 0 Å². The highest BCUT2D eigenvalue weighted by atomic mass is 35.5. The van der Waals surface area contributed by atoms with Crippen molar-refractivity contribution in [3.8, 4) is 0 Å². The van der Waals surface area contributed by atoms with Crippen LogP contribution in [0, 0.1) is 18.6 Å². The van der Waals surface area contributed by atoms with Gasteiger partial charge in [-0.15, -0.1) is 12.4 Å². The quantitative estimate of drug-likeness (QED) is 0.882. The average molecular weight is 258 g/mol. The lowest BCUT2D eigenvalue weighted by Crippen LogP contribution is -2.11. The van der Waals surface area contributed by atoms with E-state index < -0.39 is 21.7 Å². The van der Waals surface area contributed by atoms with Crippen LogP contribution in [0.5, 0.6) is 0 Å². The molecule has 1 rings (SSSR count). The molecule has 15 heavy (non-hydrogen) atoms. The molecule has 7 heteroatoms. The maximum Gasteiger partial charge on any atom is 0.229 e. The summed E-state index contributed by atoms with van der Waals surface area (Å²) >= 11 is 0. The Hall–Kier alpha value is -0.880. The fraction of sp³-hybridized carbons (Fsp3) is 0.250. The SMILES string of the molecule is Cc1cc(F)c(NS(C)(=O)=O)cc1F.Cl. The highest BCUT2D eigenvalue weighted by molar-refractivity contribution is 7.92. The number of halogens is 3.